The van der Waals surface area contributed by atoms with E-state index in [0.29, 0.717) is 31.6 Å². The van der Waals surface area contributed by atoms with Crippen molar-refractivity contribution in [2.75, 3.05) is 23.3 Å². The maximum Gasteiger partial charge on any atom is 0.466 e. The first kappa shape index (κ1) is 20.3. The number of carbonyl (C=O) groups is 1. The molecule has 1 saturated heterocycles. The Morgan fingerprint density at radius 2 is 1.97 bits per heavy atom. The van der Waals surface area contributed by atoms with E-state index in [4.69, 9.17) is 8.83 Å². The molecule has 0 radical (unpaired) electrons. The average molecular weight is 435 g/mol. The van der Waals surface area contributed by atoms with Crippen LogP contribution in [0.4, 0.5) is 26.1 Å². The van der Waals surface area contributed by atoms with Gasteiger partial charge in [-0.05, 0) is 42.0 Å². The van der Waals surface area contributed by atoms with Crippen LogP contribution in [0.25, 0.3) is 0 Å². The van der Waals surface area contributed by atoms with Gasteiger partial charge in [-0.25, -0.2) is 9.18 Å². The van der Waals surface area contributed by atoms with Gasteiger partial charge in [-0.2, -0.15) is 0 Å². The van der Waals surface area contributed by atoms with Crippen molar-refractivity contribution in [1.82, 2.24) is 10.0 Å². The number of rotatable bonds is 5. The minimum atomic E-state index is -1.18. The van der Waals surface area contributed by atoms with Crippen molar-refractivity contribution >= 4 is 23.2 Å². The summed E-state index contributed by atoms with van der Waals surface area (Å²) in [5.41, 5.74) is 0.456. The molecule has 1 aliphatic rings. The van der Waals surface area contributed by atoms with E-state index in [1.54, 1.807) is 4.90 Å². The third-order valence-corrected chi connectivity index (χ3v) is 4.91. The van der Waals surface area contributed by atoms with Crippen molar-refractivity contribution in [1.29, 1.82) is 0 Å². The highest BCUT2D eigenvalue weighted by atomic mass is 19.2. The molecule has 4 rings (SSSR count). The molecule has 3 heterocycles. The third-order valence-electron chi connectivity index (χ3n) is 4.91. The lowest BCUT2D eigenvalue weighted by molar-refractivity contribution is -0.402. The second kappa shape index (κ2) is 8.01. The molecule has 1 fully saturated rings. The Morgan fingerprint density at radius 1 is 1.23 bits per heavy atom. The number of furan rings is 1. The van der Waals surface area contributed by atoms with Crippen molar-refractivity contribution in [3.63, 3.8) is 0 Å². The molecular formula is C18H15F2N5O6. The van der Waals surface area contributed by atoms with Gasteiger partial charge in [-0.15, -0.1) is 5.10 Å². The summed E-state index contributed by atoms with van der Waals surface area (Å²) in [5, 5.41) is 16.5. The van der Waals surface area contributed by atoms with Crippen molar-refractivity contribution in [3.05, 3.63) is 68.5 Å². The second-order valence-corrected chi connectivity index (χ2v) is 6.84. The summed E-state index contributed by atoms with van der Waals surface area (Å²) in [6, 6.07) is 6.30. The average Bonchev–Trinajstić information content (AvgIpc) is 3.36. The van der Waals surface area contributed by atoms with Crippen LogP contribution in [0.2, 0.25) is 0 Å². The molecule has 1 amide bonds. The molecule has 1 aromatic carbocycles. The number of piperidine rings is 1. The van der Waals surface area contributed by atoms with E-state index >= 15 is 0 Å². The number of anilines is 2. The first-order valence-electron chi connectivity index (χ1n) is 9.18. The highest BCUT2D eigenvalue weighted by Gasteiger charge is 2.27. The Hall–Kier alpha value is -4.03. The standard InChI is InChI=1S/C18H15F2N5O6/c19-12-9-11(21-16(26)14-3-4-15(30-14)25(28)29)1-2-13(12)23-7-5-10(6-8-23)17-22-24(20)18(27)31-17/h1-4,9-10H,5-8H2,(H,21,26). The molecule has 1 aliphatic heterocycles. The van der Waals surface area contributed by atoms with Gasteiger partial charge in [0.05, 0.1) is 11.8 Å². The third kappa shape index (κ3) is 4.15. The molecule has 0 atom stereocenters. The zero-order valence-electron chi connectivity index (χ0n) is 15.8. The molecule has 31 heavy (non-hydrogen) atoms. The maximum atomic E-state index is 14.6. The van der Waals surface area contributed by atoms with Crippen molar-refractivity contribution < 1.29 is 27.4 Å². The Bertz CT molecular complexity index is 1190. The largest absolute Gasteiger partial charge is 0.466 e. The molecule has 3 aromatic rings. The second-order valence-electron chi connectivity index (χ2n) is 6.84. The van der Waals surface area contributed by atoms with Gasteiger partial charge in [-0.1, -0.05) is 4.48 Å². The lowest BCUT2D eigenvalue weighted by atomic mass is 9.96. The molecule has 0 bridgehead atoms. The normalized spacial score (nSPS) is 14.6. The summed E-state index contributed by atoms with van der Waals surface area (Å²) < 4.78 is 37.3. The van der Waals surface area contributed by atoms with Gasteiger partial charge in [0.2, 0.25) is 5.89 Å². The van der Waals surface area contributed by atoms with E-state index in [2.05, 4.69) is 10.4 Å². The monoisotopic (exact) mass is 435 g/mol. The number of amides is 1. The minimum Gasteiger partial charge on any atom is -0.395 e. The van der Waals surface area contributed by atoms with E-state index in [1.165, 1.54) is 12.1 Å². The van der Waals surface area contributed by atoms with Gasteiger partial charge in [0.15, 0.2) is 5.76 Å². The van der Waals surface area contributed by atoms with Crippen LogP contribution in [0.1, 0.15) is 35.2 Å². The fourth-order valence-corrected chi connectivity index (χ4v) is 3.39. The first-order chi connectivity index (χ1) is 14.8. The van der Waals surface area contributed by atoms with Crippen LogP contribution in [0.15, 0.2) is 44.0 Å². The molecular weight excluding hydrogens is 420 g/mol. The Labute approximate surface area is 171 Å². The number of hydrogen-bond donors (Lipinski definition) is 1. The first-order valence-corrected chi connectivity index (χ1v) is 9.18. The van der Waals surface area contributed by atoms with Gasteiger partial charge in [0.25, 0.3) is 5.91 Å². The summed E-state index contributed by atoms with van der Waals surface area (Å²) in [6.45, 7) is 0.846. The van der Waals surface area contributed by atoms with E-state index in [0.717, 1.165) is 18.2 Å². The lowest BCUT2D eigenvalue weighted by Gasteiger charge is -2.32. The summed E-state index contributed by atoms with van der Waals surface area (Å²) in [7, 11) is 0. The lowest BCUT2D eigenvalue weighted by Crippen LogP contribution is -2.33. The van der Waals surface area contributed by atoms with Crippen LogP contribution in [-0.2, 0) is 0 Å². The number of hydrogen-bond acceptors (Lipinski definition) is 8. The summed E-state index contributed by atoms with van der Waals surface area (Å²) in [6.07, 6.45) is 0.963. The molecule has 13 heteroatoms. The van der Waals surface area contributed by atoms with Gasteiger partial charge < -0.3 is 19.1 Å². The number of aromatic nitrogens is 2. The van der Waals surface area contributed by atoms with Crippen LogP contribution in [0.5, 0.6) is 0 Å². The van der Waals surface area contributed by atoms with Gasteiger partial charge >= 0.3 is 11.6 Å². The Kier molecular flexibility index (Phi) is 5.23. The molecule has 1 N–H and O–H groups in total. The molecule has 0 saturated carbocycles. The van der Waals surface area contributed by atoms with Crippen LogP contribution >= 0.6 is 0 Å². The van der Waals surface area contributed by atoms with Gasteiger partial charge in [0.1, 0.15) is 10.7 Å². The summed E-state index contributed by atoms with van der Waals surface area (Å²) >= 11 is 0. The quantitative estimate of drug-likeness (QED) is 0.477. The smallest absolute Gasteiger partial charge is 0.395 e. The fraction of sp³-hybridized carbons (Fsp3) is 0.278. The van der Waals surface area contributed by atoms with Gasteiger partial charge in [0, 0.05) is 24.7 Å². The Morgan fingerprint density at radius 3 is 2.55 bits per heavy atom. The summed E-state index contributed by atoms with van der Waals surface area (Å²) in [5.74, 6) is -3.60. The van der Waals surface area contributed by atoms with E-state index < -0.39 is 28.3 Å². The predicted octanol–water partition coefficient (Wildman–Crippen LogP) is 2.85. The zero-order chi connectivity index (χ0) is 22.1. The molecule has 2 aromatic heterocycles. The van der Waals surface area contributed by atoms with Crippen LogP contribution < -0.4 is 16.0 Å². The SMILES string of the molecule is O=C(Nc1ccc(N2CCC(c3nn(F)c(=O)o3)CC2)c(F)c1)c1ccc([N+](=O)[O-])o1. The highest BCUT2D eigenvalue weighted by molar-refractivity contribution is 6.02. The van der Waals surface area contributed by atoms with Crippen molar-refractivity contribution in [3.8, 4) is 0 Å². The molecule has 0 unspecified atom stereocenters. The minimum absolute atomic E-state index is 0.0174. The maximum absolute atomic E-state index is 14.6. The van der Waals surface area contributed by atoms with E-state index in [-0.39, 0.29) is 28.2 Å². The van der Waals surface area contributed by atoms with Crippen LogP contribution in [0, 0.1) is 15.9 Å². The van der Waals surface area contributed by atoms with Crippen molar-refractivity contribution in [2.45, 2.75) is 18.8 Å². The van der Waals surface area contributed by atoms with E-state index in [1.807, 2.05) is 0 Å². The summed E-state index contributed by atoms with van der Waals surface area (Å²) in [4.78, 5) is 34.5. The number of nitrogens with one attached hydrogen (secondary N) is 1. The predicted molar refractivity (Wildman–Crippen MR) is 101 cm³/mol. The topological polar surface area (TPSA) is 137 Å². The number of carbonyl (C=O) groups excluding carboxylic acids is 1. The van der Waals surface area contributed by atoms with E-state index in [9.17, 15) is 28.6 Å². The Balaban J connectivity index is 1.40. The number of nitro groups is 1. The fourth-order valence-electron chi connectivity index (χ4n) is 3.39. The van der Waals surface area contributed by atoms with Crippen molar-refractivity contribution in [2.24, 2.45) is 0 Å². The van der Waals surface area contributed by atoms with Crippen LogP contribution in [-0.4, -0.2) is 33.9 Å². The molecule has 11 nitrogen and oxygen atoms in total. The number of nitrogens with zero attached hydrogens (tertiary/aromatic N) is 4. The molecule has 162 valence electrons. The number of benzene rings is 1. The molecule has 0 aliphatic carbocycles. The zero-order valence-corrected chi connectivity index (χ0v) is 15.8. The highest BCUT2D eigenvalue weighted by Crippen LogP contribution is 2.31. The number of halogens is 2. The molecule has 0 spiro atoms. The van der Waals surface area contributed by atoms with Crippen LogP contribution in [0.3, 0.4) is 0 Å². The van der Waals surface area contributed by atoms with Gasteiger partial charge in [-0.3, -0.25) is 14.9 Å².